The van der Waals surface area contributed by atoms with Crippen LogP contribution in [0.4, 0.5) is 0 Å². The van der Waals surface area contributed by atoms with E-state index >= 15 is 0 Å². The Kier molecular flexibility index (Phi) is 4.65. The molecule has 1 rings (SSSR count). The maximum atomic E-state index is 11.7. The fraction of sp³-hybridized carbons (Fsp3) is 0.455. The minimum Gasteiger partial charge on any atom is -0.480 e. The summed E-state index contributed by atoms with van der Waals surface area (Å²) in [5, 5.41) is 0.343. The van der Waals surface area contributed by atoms with Crippen molar-refractivity contribution >= 4 is 28.8 Å². The fourth-order valence-corrected chi connectivity index (χ4v) is 1.62. The van der Waals surface area contributed by atoms with Gasteiger partial charge < -0.3 is 4.74 Å². The van der Waals surface area contributed by atoms with Crippen molar-refractivity contribution in [2.75, 3.05) is 7.11 Å². The minimum atomic E-state index is -1.30. The topological polar surface area (TPSA) is 51.6 Å². The van der Waals surface area contributed by atoms with Crippen LogP contribution >= 0.6 is 11.6 Å². The van der Waals surface area contributed by atoms with Gasteiger partial charge in [-0.25, -0.2) is 9.19 Å². The molecule has 0 aliphatic carbocycles. The van der Waals surface area contributed by atoms with Crippen LogP contribution < -0.4 is 4.74 Å². The second-order valence-corrected chi connectivity index (χ2v) is 6.65. The van der Waals surface area contributed by atoms with Crippen molar-refractivity contribution in [3.05, 3.63) is 22.8 Å². The van der Waals surface area contributed by atoms with Crippen LogP contribution in [0.25, 0.3) is 0 Å². The Morgan fingerprint density at radius 1 is 1.47 bits per heavy atom. The summed E-state index contributed by atoms with van der Waals surface area (Å²) in [6.07, 6.45) is 1.49. The number of hydrogen-bond donors (Lipinski definition) is 0. The van der Waals surface area contributed by atoms with Gasteiger partial charge in [-0.15, -0.1) is 0 Å². The highest BCUT2D eigenvalue weighted by Crippen LogP contribution is 2.18. The number of pyridine rings is 1. The Morgan fingerprint density at radius 2 is 2.12 bits per heavy atom. The summed E-state index contributed by atoms with van der Waals surface area (Å²) in [6, 6.07) is 3.35. The number of rotatable bonds is 3. The molecule has 1 heterocycles. The van der Waals surface area contributed by atoms with Gasteiger partial charge in [0.1, 0.15) is 16.1 Å². The van der Waals surface area contributed by atoms with Crippen molar-refractivity contribution in [2.24, 2.45) is 4.40 Å². The first kappa shape index (κ1) is 14.1. The Bertz CT molecular complexity index is 455. The lowest BCUT2D eigenvalue weighted by Gasteiger charge is -2.12. The lowest BCUT2D eigenvalue weighted by molar-refractivity contribution is 0.397. The molecule has 0 bridgehead atoms. The maximum absolute atomic E-state index is 11.7. The van der Waals surface area contributed by atoms with Gasteiger partial charge in [0.05, 0.1) is 23.6 Å². The van der Waals surface area contributed by atoms with Gasteiger partial charge in [-0.05, 0) is 32.9 Å². The van der Waals surface area contributed by atoms with Gasteiger partial charge >= 0.3 is 0 Å². The third-order valence-electron chi connectivity index (χ3n) is 1.86. The van der Waals surface area contributed by atoms with Gasteiger partial charge in [0, 0.05) is 0 Å². The summed E-state index contributed by atoms with van der Waals surface area (Å²) in [7, 11) is 0.196. The summed E-state index contributed by atoms with van der Waals surface area (Å²) in [6.45, 7) is 5.58. The molecular weight excluding hydrogens is 260 g/mol. The number of nitrogens with zero attached hydrogens (tertiary/aromatic N) is 2. The predicted molar refractivity (Wildman–Crippen MR) is 71.3 cm³/mol. The molecule has 94 valence electrons. The monoisotopic (exact) mass is 274 g/mol. The van der Waals surface area contributed by atoms with Gasteiger partial charge in [0.25, 0.3) is 0 Å². The third kappa shape index (κ3) is 4.09. The molecular formula is C11H15ClN2O2S. The average molecular weight is 275 g/mol. The van der Waals surface area contributed by atoms with Gasteiger partial charge in [0.2, 0.25) is 5.88 Å². The standard InChI is InChI=1S/C11H15ClN2O2S/c1-11(2,3)17(15)13-7-8-5-6-9(12)14-10(8)16-4/h5-7H,1-4H3. The lowest BCUT2D eigenvalue weighted by Crippen LogP contribution is -2.19. The molecule has 0 aliphatic rings. The first-order valence-electron chi connectivity index (χ1n) is 5.01. The smallest absolute Gasteiger partial charge is 0.223 e. The van der Waals surface area contributed by atoms with Crippen molar-refractivity contribution in [1.29, 1.82) is 0 Å². The molecule has 0 fully saturated rings. The number of aromatic nitrogens is 1. The van der Waals surface area contributed by atoms with Crippen LogP contribution in [-0.2, 0) is 11.0 Å². The van der Waals surface area contributed by atoms with Gasteiger partial charge in [-0.1, -0.05) is 11.6 Å². The summed E-state index contributed by atoms with van der Waals surface area (Å²) < 4.78 is 20.4. The molecule has 1 aromatic heterocycles. The highest BCUT2D eigenvalue weighted by molar-refractivity contribution is 7.85. The number of methoxy groups -OCH3 is 1. The van der Waals surface area contributed by atoms with E-state index in [0.717, 1.165) is 0 Å². The molecule has 1 unspecified atom stereocenters. The molecule has 6 heteroatoms. The van der Waals surface area contributed by atoms with E-state index in [1.54, 1.807) is 12.1 Å². The Labute approximate surface area is 109 Å². The average Bonchev–Trinajstić information content (AvgIpc) is 2.25. The van der Waals surface area contributed by atoms with Crippen molar-refractivity contribution in [3.8, 4) is 5.88 Å². The van der Waals surface area contributed by atoms with E-state index in [0.29, 0.717) is 16.6 Å². The second kappa shape index (κ2) is 5.60. The highest BCUT2D eigenvalue weighted by atomic mass is 35.5. The summed E-state index contributed by atoms with van der Waals surface area (Å²) >= 11 is 5.74. The van der Waals surface area contributed by atoms with E-state index in [-0.39, 0.29) is 4.75 Å². The zero-order chi connectivity index (χ0) is 13.1. The third-order valence-corrected chi connectivity index (χ3v) is 3.42. The zero-order valence-electron chi connectivity index (χ0n) is 10.2. The van der Waals surface area contributed by atoms with Crippen LogP contribution in [0, 0.1) is 0 Å². The van der Waals surface area contributed by atoms with Crippen LogP contribution in [0.1, 0.15) is 26.3 Å². The molecule has 0 N–H and O–H groups in total. The minimum absolute atomic E-state index is 0.343. The first-order valence-corrected chi connectivity index (χ1v) is 6.49. The summed E-state index contributed by atoms with van der Waals surface area (Å²) in [5.41, 5.74) is 0.648. The van der Waals surface area contributed by atoms with Crippen LogP contribution in [0.2, 0.25) is 5.15 Å². The van der Waals surface area contributed by atoms with Crippen molar-refractivity contribution in [1.82, 2.24) is 4.98 Å². The molecule has 1 atom stereocenters. The maximum Gasteiger partial charge on any atom is 0.223 e. The van der Waals surface area contributed by atoms with Crippen molar-refractivity contribution in [3.63, 3.8) is 0 Å². The Hall–Kier alpha value is -0.940. The lowest BCUT2D eigenvalue weighted by atomic mass is 10.3. The number of halogens is 1. The number of ether oxygens (including phenoxy) is 1. The first-order chi connectivity index (χ1) is 7.84. The van der Waals surface area contributed by atoms with Crippen LogP contribution in [-0.4, -0.2) is 27.3 Å². The second-order valence-electron chi connectivity index (χ2n) is 4.33. The molecule has 0 aromatic carbocycles. The normalized spacial score (nSPS) is 13.9. The molecule has 0 saturated heterocycles. The highest BCUT2D eigenvalue weighted by Gasteiger charge is 2.18. The van der Waals surface area contributed by atoms with E-state index in [1.165, 1.54) is 13.3 Å². The molecule has 0 aliphatic heterocycles. The van der Waals surface area contributed by atoms with Crippen LogP contribution in [0.15, 0.2) is 16.5 Å². The molecule has 17 heavy (non-hydrogen) atoms. The van der Waals surface area contributed by atoms with Gasteiger partial charge in [-0.3, -0.25) is 0 Å². The van der Waals surface area contributed by atoms with E-state index in [2.05, 4.69) is 9.38 Å². The predicted octanol–water partition coefficient (Wildman–Crippen LogP) is 2.62. The van der Waals surface area contributed by atoms with Gasteiger partial charge in [0.15, 0.2) is 0 Å². The molecule has 0 saturated carbocycles. The molecule has 0 amide bonds. The molecule has 4 nitrogen and oxygen atoms in total. The van der Waals surface area contributed by atoms with Crippen molar-refractivity contribution in [2.45, 2.75) is 25.5 Å². The van der Waals surface area contributed by atoms with Crippen LogP contribution in [0.5, 0.6) is 5.88 Å². The summed E-state index contributed by atoms with van der Waals surface area (Å²) in [4.78, 5) is 3.98. The summed E-state index contributed by atoms with van der Waals surface area (Å²) in [5.74, 6) is 0.368. The Morgan fingerprint density at radius 3 is 2.65 bits per heavy atom. The van der Waals surface area contributed by atoms with Crippen molar-refractivity contribution < 1.29 is 8.95 Å². The van der Waals surface area contributed by atoms with Crippen LogP contribution in [0.3, 0.4) is 0 Å². The van der Waals surface area contributed by atoms with Gasteiger partial charge in [-0.2, -0.15) is 4.40 Å². The molecule has 0 radical (unpaired) electrons. The van der Waals surface area contributed by atoms with E-state index < -0.39 is 11.0 Å². The molecule has 1 aromatic rings. The van der Waals surface area contributed by atoms with E-state index in [9.17, 15) is 4.21 Å². The Balaban J connectivity index is 2.96. The largest absolute Gasteiger partial charge is 0.480 e. The fourth-order valence-electron chi connectivity index (χ4n) is 0.953. The zero-order valence-corrected chi connectivity index (χ0v) is 11.8. The number of hydrogen-bond acceptors (Lipinski definition) is 3. The van der Waals surface area contributed by atoms with E-state index in [4.69, 9.17) is 16.3 Å². The van der Waals surface area contributed by atoms with E-state index in [1.807, 2.05) is 20.8 Å². The molecule has 0 spiro atoms. The quantitative estimate of drug-likeness (QED) is 0.629. The SMILES string of the molecule is COc1nc(Cl)ccc1C=NS(=O)C(C)(C)C.